The molecule has 0 aromatic heterocycles. The summed E-state index contributed by atoms with van der Waals surface area (Å²) in [7, 11) is 0. The Labute approximate surface area is 109 Å². The van der Waals surface area contributed by atoms with Crippen LogP contribution in [0.25, 0.3) is 0 Å². The van der Waals surface area contributed by atoms with Crippen molar-refractivity contribution in [3.8, 4) is 0 Å². The average Bonchev–Trinajstić information content (AvgIpc) is 2.32. The summed E-state index contributed by atoms with van der Waals surface area (Å²) in [5.74, 6) is -0.556. The van der Waals surface area contributed by atoms with Crippen LogP contribution in [-0.2, 0) is 4.79 Å². The molecule has 1 aliphatic carbocycles. The molecule has 18 heavy (non-hydrogen) atoms. The summed E-state index contributed by atoms with van der Waals surface area (Å²) in [4.78, 5) is 23.0. The van der Waals surface area contributed by atoms with Crippen LogP contribution in [0.2, 0.25) is 5.02 Å². The molecule has 1 saturated carbocycles. The first-order chi connectivity index (χ1) is 8.56. The molecule has 1 fully saturated rings. The highest BCUT2D eigenvalue weighted by Crippen LogP contribution is 2.19. The minimum Gasteiger partial charge on any atom is -0.349 e. The Balaban J connectivity index is 2.01. The fourth-order valence-electron chi connectivity index (χ4n) is 2.02. The molecule has 1 N–H and O–H groups in total. The predicted molar refractivity (Wildman–Crippen MR) is 66.1 cm³/mol. The van der Waals surface area contributed by atoms with Gasteiger partial charge in [-0.15, -0.1) is 0 Å². The van der Waals surface area contributed by atoms with Gasteiger partial charge in [-0.3, -0.25) is 9.59 Å². The Hall–Kier alpha value is -1.42. The van der Waals surface area contributed by atoms with Crippen molar-refractivity contribution >= 4 is 23.3 Å². The highest BCUT2D eigenvalue weighted by Gasteiger charge is 2.21. The zero-order chi connectivity index (χ0) is 13.1. The molecule has 1 amide bonds. The molecule has 1 aromatic rings. The van der Waals surface area contributed by atoms with E-state index in [0.717, 1.165) is 6.07 Å². The second-order valence-corrected chi connectivity index (χ2v) is 4.82. The van der Waals surface area contributed by atoms with E-state index in [4.69, 9.17) is 11.6 Å². The van der Waals surface area contributed by atoms with Gasteiger partial charge in [0.2, 0.25) is 0 Å². The van der Waals surface area contributed by atoms with E-state index in [9.17, 15) is 14.0 Å². The van der Waals surface area contributed by atoms with Gasteiger partial charge in [0, 0.05) is 18.9 Å². The fraction of sp³-hybridized carbons (Fsp3) is 0.385. The lowest BCUT2D eigenvalue weighted by atomic mass is 9.94. The number of hydrogen-bond donors (Lipinski definition) is 1. The third kappa shape index (κ3) is 3.07. The third-order valence-corrected chi connectivity index (χ3v) is 3.37. The van der Waals surface area contributed by atoms with Gasteiger partial charge in [0.05, 0.1) is 10.6 Å². The van der Waals surface area contributed by atoms with Gasteiger partial charge in [-0.1, -0.05) is 11.6 Å². The van der Waals surface area contributed by atoms with E-state index >= 15 is 0 Å². The Bertz CT molecular complexity index is 480. The molecular weight excluding hydrogens is 257 g/mol. The van der Waals surface area contributed by atoms with E-state index in [-0.39, 0.29) is 28.3 Å². The molecule has 5 heteroatoms. The first-order valence-corrected chi connectivity index (χ1v) is 6.21. The maximum absolute atomic E-state index is 12.9. The van der Waals surface area contributed by atoms with Crippen molar-refractivity contribution in [2.75, 3.05) is 0 Å². The lowest BCUT2D eigenvalue weighted by molar-refractivity contribution is -0.120. The lowest BCUT2D eigenvalue weighted by Gasteiger charge is -2.22. The Morgan fingerprint density at radius 1 is 1.33 bits per heavy atom. The van der Waals surface area contributed by atoms with Crippen molar-refractivity contribution in [2.45, 2.75) is 31.7 Å². The summed E-state index contributed by atoms with van der Waals surface area (Å²) in [5, 5.41) is 2.91. The second-order valence-electron chi connectivity index (χ2n) is 4.41. The van der Waals surface area contributed by atoms with Gasteiger partial charge >= 0.3 is 0 Å². The van der Waals surface area contributed by atoms with Gasteiger partial charge in [-0.25, -0.2) is 4.39 Å². The van der Waals surface area contributed by atoms with E-state index in [2.05, 4.69) is 5.32 Å². The molecule has 0 radical (unpaired) electrons. The van der Waals surface area contributed by atoms with E-state index < -0.39 is 5.82 Å². The number of benzene rings is 1. The van der Waals surface area contributed by atoms with Crippen LogP contribution in [0.4, 0.5) is 4.39 Å². The van der Waals surface area contributed by atoms with Crippen LogP contribution in [0, 0.1) is 5.82 Å². The summed E-state index contributed by atoms with van der Waals surface area (Å²) in [6, 6.07) is 3.67. The zero-order valence-electron chi connectivity index (χ0n) is 9.71. The third-order valence-electron chi connectivity index (χ3n) is 3.05. The van der Waals surface area contributed by atoms with Crippen LogP contribution in [0.3, 0.4) is 0 Å². The van der Waals surface area contributed by atoms with E-state index in [1.54, 1.807) is 0 Å². The standard InChI is InChI=1S/C13H13ClFNO2/c14-12-7-8(15)1-6-11(12)13(18)16-9-2-4-10(17)5-3-9/h1,6-7,9H,2-5H2,(H,16,18). The molecule has 0 heterocycles. The van der Waals surface area contributed by atoms with E-state index in [1.165, 1.54) is 12.1 Å². The van der Waals surface area contributed by atoms with Gasteiger partial charge in [-0.2, -0.15) is 0 Å². The largest absolute Gasteiger partial charge is 0.349 e. The molecule has 0 aliphatic heterocycles. The molecule has 96 valence electrons. The molecule has 0 bridgehead atoms. The first kappa shape index (κ1) is 13.0. The summed E-state index contributed by atoms with van der Waals surface area (Å²) < 4.78 is 12.9. The molecular formula is C13H13ClFNO2. The van der Waals surface area contributed by atoms with Crippen molar-refractivity contribution in [2.24, 2.45) is 0 Å². The number of carbonyl (C=O) groups is 2. The molecule has 0 atom stereocenters. The fourth-order valence-corrected chi connectivity index (χ4v) is 2.27. The van der Waals surface area contributed by atoms with Crippen molar-refractivity contribution in [3.05, 3.63) is 34.6 Å². The average molecular weight is 270 g/mol. The highest BCUT2D eigenvalue weighted by atomic mass is 35.5. The first-order valence-electron chi connectivity index (χ1n) is 5.84. The van der Waals surface area contributed by atoms with Crippen molar-refractivity contribution in [3.63, 3.8) is 0 Å². The van der Waals surface area contributed by atoms with Gasteiger partial charge in [0.15, 0.2) is 0 Å². The van der Waals surface area contributed by atoms with Gasteiger partial charge in [0.25, 0.3) is 5.91 Å². The number of halogens is 2. The molecule has 0 spiro atoms. The van der Waals surface area contributed by atoms with Crippen LogP contribution in [0.5, 0.6) is 0 Å². The minimum atomic E-state index is -0.472. The van der Waals surface area contributed by atoms with Crippen LogP contribution >= 0.6 is 11.6 Å². The van der Waals surface area contributed by atoms with Gasteiger partial charge < -0.3 is 5.32 Å². The predicted octanol–water partition coefficient (Wildman–Crippen LogP) is 2.72. The summed E-state index contributed by atoms with van der Waals surface area (Å²) in [6.45, 7) is 0. The number of rotatable bonds is 2. The van der Waals surface area contributed by atoms with Crippen LogP contribution in [-0.4, -0.2) is 17.7 Å². The SMILES string of the molecule is O=C1CCC(NC(=O)c2ccc(F)cc2Cl)CC1. The van der Waals surface area contributed by atoms with E-state index in [1.807, 2.05) is 0 Å². The maximum Gasteiger partial charge on any atom is 0.253 e. The van der Waals surface area contributed by atoms with Gasteiger partial charge in [-0.05, 0) is 31.0 Å². The summed E-state index contributed by atoms with van der Waals surface area (Å²) in [5.41, 5.74) is 0.259. The minimum absolute atomic E-state index is 0.00341. The smallest absolute Gasteiger partial charge is 0.253 e. The molecule has 0 unspecified atom stereocenters. The normalized spacial score (nSPS) is 16.7. The number of Topliss-reactive ketones (excluding diaryl/α,β-unsaturated/α-hetero) is 1. The van der Waals surface area contributed by atoms with Crippen molar-refractivity contribution in [1.29, 1.82) is 0 Å². The molecule has 0 saturated heterocycles. The lowest BCUT2D eigenvalue weighted by Crippen LogP contribution is -2.37. The second kappa shape index (κ2) is 5.48. The molecule has 1 aliphatic rings. The van der Waals surface area contributed by atoms with Crippen LogP contribution in [0.1, 0.15) is 36.0 Å². The number of ketones is 1. The maximum atomic E-state index is 12.9. The molecule has 3 nitrogen and oxygen atoms in total. The van der Waals surface area contributed by atoms with Crippen LogP contribution in [0.15, 0.2) is 18.2 Å². The molecule has 2 rings (SSSR count). The Kier molecular flexibility index (Phi) is 3.97. The van der Waals surface area contributed by atoms with Gasteiger partial charge in [0.1, 0.15) is 11.6 Å². The summed E-state index contributed by atoms with van der Waals surface area (Å²) >= 11 is 5.81. The number of nitrogens with one attached hydrogen (secondary N) is 1. The van der Waals surface area contributed by atoms with E-state index in [0.29, 0.717) is 25.7 Å². The van der Waals surface area contributed by atoms with Crippen molar-refractivity contribution in [1.82, 2.24) is 5.32 Å². The topological polar surface area (TPSA) is 46.2 Å². The number of amides is 1. The highest BCUT2D eigenvalue weighted by molar-refractivity contribution is 6.33. The van der Waals surface area contributed by atoms with Crippen LogP contribution < -0.4 is 5.32 Å². The Morgan fingerprint density at radius 3 is 2.61 bits per heavy atom. The quantitative estimate of drug-likeness (QED) is 0.897. The molecule has 1 aromatic carbocycles. The Morgan fingerprint density at radius 2 is 2.00 bits per heavy atom. The number of carbonyl (C=O) groups excluding carboxylic acids is 2. The summed E-state index contributed by atoms with van der Waals surface area (Å²) in [6.07, 6.45) is 2.32. The van der Waals surface area contributed by atoms with Crippen molar-refractivity contribution < 1.29 is 14.0 Å². The zero-order valence-corrected chi connectivity index (χ0v) is 10.5. The number of hydrogen-bond acceptors (Lipinski definition) is 2. The monoisotopic (exact) mass is 269 g/mol.